The summed E-state index contributed by atoms with van der Waals surface area (Å²) in [5.41, 5.74) is 4.69. The van der Waals surface area contributed by atoms with Gasteiger partial charge in [0, 0.05) is 22.6 Å². The Morgan fingerprint density at radius 2 is 1.89 bits per heavy atom. The number of nitrogens with zero attached hydrogens (tertiary/aromatic N) is 4. The Labute approximate surface area is 157 Å². The van der Waals surface area contributed by atoms with Crippen LogP contribution in [0.5, 0.6) is 0 Å². The molecule has 0 aliphatic heterocycles. The van der Waals surface area contributed by atoms with E-state index in [0.717, 1.165) is 17.1 Å². The van der Waals surface area contributed by atoms with Gasteiger partial charge >= 0.3 is 5.82 Å². The van der Waals surface area contributed by atoms with Gasteiger partial charge in [-0.2, -0.15) is 0 Å². The lowest BCUT2D eigenvalue weighted by Gasteiger charge is -2.12. The lowest BCUT2D eigenvalue weighted by atomic mass is 10.0. The topological polar surface area (TPSA) is 83.0 Å². The number of benzene rings is 1. The van der Waals surface area contributed by atoms with E-state index in [4.69, 9.17) is 0 Å². The second kappa shape index (κ2) is 7.19. The van der Waals surface area contributed by atoms with Crippen molar-refractivity contribution in [3.05, 3.63) is 75.5 Å². The van der Waals surface area contributed by atoms with Crippen LogP contribution in [0.2, 0.25) is 0 Å². The monoisotopic (exact) mass is 366 g/mol. The number of Topliss-reactive ketones (excluding diaryl/α,β-unsaturated/α-hetero) is 1. The molecule has 27 heavy (non-hydrogen) atoms. The average Bonchev–Trinajstić information content (AvgIpc) is 3.19. The minimum Gasteiger partial charge on any atom is -0.358 e. The third kappa shape index (κ3) is 3.67. The van der Waals surface area contributed by atoms with Gasteiger partial charge in [0.1, 0.15) is 6.20 Å². The molecule has 3 aromatic rings. The number of carbonyl (C=O) groups is 1. The maximum Gasteiger partial charge on any atom is 0.381 e. The van der Waals surface area contributed by atoms with Gasteiger partial charge in [-0.25, -0.2) is 0 Å². The number of hydrogen-bond donors (Lipinski definition) is 0. The molecule has 0 atom stereocenters. The minimum absolute atomic E-state index is 0.0113. The van der Waals surface area contributed by atoms with Gasteiger partial charge in [-0.3, -0.25) is 4.79 Å². The SMILES string of the molecule is Cc1cc(C(=O)Cn2cnc([N+](=O)[O-])c2)c(C)n1-c1ccc(C(C)C)cc1. The number of rotatable bonds is 6. The van der Waals surface area contributed by atoms with E-state index in [-0.39, 0.29) is 18.1 Å². The summed E-state index contributed by atoms with van der Waals surface area (Å²) in [6, 6.07) is 10.2. The summed E-state index contributed by atoms with van der Waals surface area (Å²) in [6.45, 7) is 8.18. The van der Waals surface area contributed by atoms with Crippen LogP contribution in [0.15, 0.2) is 42.9 Å². The predicted octanol–water partition coefficient (Wildman–Crippen LogP) is 4.21. The lowest BCUT2D eigenvalue weighted by molar-refractivity contribution is -0.389. The van der Waals surface area contributed by atoms with Crippen molar-refractivity contribution in [2.24, 2.45) is 0 Å². The fourth-order valence-corrected chi connectivity index (χ4v) is 3.23. The number of aromatic nitrogens is 3. The zero-order valence-corrected chi connectivity index (χ0v) is 15.8. The zero-order chi connectivity index (χ0) is 19.7. The first-order valence-corrected chi connectivity index (χ1v) is 8.76. The molecule has 2 aromatic heterocycles. The summed E-state index contributed by atoms with van der Waals surface area (Å²) in [6.07, 6.45) is 2.57. The number of ketones is 1. The van der Waals surface area contributed by atoms with Crippen molar-refractivity contribution in [2.45, 2.75) is 40.2 Å². The van der Waals surface area contributed by atoms with Crippen LogP contribution in [0, 0.1) is 24.0 Å². The van der Waals surface area contributed by atoms with Crippen molar-refractivity contribution in [3.63, 3.8) is 0 Å². The van der Waals surface area contributed by atoms with E-state index in [1.165, 1.54) is 22.7 Å². The lowest BCUT2D eigenvalue weighted by Crippen LogP contribution is -2.10. The van der Waals surface area contributed by atoms with Crippen LogP contribution in [0.25, 0.3) is 5.69 Å². The molecule has 0 saturated heterocycles. The number of imidazole rings is 1. The molecule has 0 N–H and O–H groups in total. The molecule has 140 valence electrons. The molecule has 3 rings (SSSR count). The highest BCUT2D eigenvalue weighted by atomic mass is 16.6. The highest BCUT2D eigenvalue weighted by Crippen LogP contribution is 2.24. The van der Waals surface area contributed by atoms with Crippen LogP contribution in [-0.2, 0) is 6.54 Å². The van der Waals surface area contributed by atoms with Gasteiger partial charge in [-0.1, -0.05) is 26.0 Å². The molecule has 7 nitrogen and oxygen atoms in total. The van der Waals surface area contributed by atoms with Crippen molar-refractivity contribution < 1.29 is 9.72 Å². The highest BCUT2D eigenvalue weighted by molar-refractivity contribution is 5.97. The number of carbonyl (C=O) groups excluding carboxylic acids is 1. The molecular formula is C20H22N4O3. The van der Waals surface area contributed by atoms with E-state index in [9.17, 15) is 14.9 Å². The van der Waals surface area contributed by atoms with Crippen molar-refractivity contribution in [1.82, 2.24) is 14.1 Å². The van der Waals surface area contributed by atoms with Crippen LogP contribution in [0.4, 0.5) is 5.82 Å². The Balaban J connectivity index is 1.88. The summed E-state index contributed by atoms with van der Waals surface area (Å²) in [4.78, 5) is 26.6. The van der Waals surface area contributed by atoms with Gasteiger partial charge in [0.2, 0.25) is 6.33 Å². The smallest absolute Gasteiger partial charge is 0.358 e. The Morgan fingerprint density at radius 1 is 1.22 bits per heavy atom. The molecule has 1 aromatic carbocycles. The molecule has 0 aliphatic carbocycles. The largest absolute Gasteiger partial charge is 0.381 e. The standard InChI is InChI=1S/C20H22N4O3/c1-13(2)16-5-7-17(8-6-16)23-14(3)9-18(15(23)4)19(25)10-22-11-20(21-12-22)24(26)27/h5-9,11-13H,10H2,1-4H3. The maximum atomic E-state index is 12.7. The fraction of sp³-hybridized carbons (Fsp3) is 0.300. The quantitative estimate of drug-likeness (QED) is 0.372. The Bertz CT molecular complexity index is 997. The van der Waals surface area contributed by atoms with Gasteiger partial charge in [-0.15, -0.1) is 0 Å². The Hall–Kier alpha value is -3.22. The summed E-state index contributed by atoms with van der Waals surface area (Å²) in [5, 5.41) is 10.7. The van der Waals surface area contributed by atoms with Gasteiger partial charge in [-0.05, 0) is 53.4 Å². The number of hydrogen-bond acceptors (Lipinski definition) is 4. The fourth-order valence-electron chi connectivity index (χ4n) is 3.23. The Kier molecular flexibility index (Phi) is 4.94. The van der Waals surface area contributed by atoms with Crippen LogP contribution >= 0.6 is 0 Å². The van der Waals surface area contributed by atoms with Crippen LogP contribution in [0.3, 0.4) is 0 Å². The van der Waals surface area contributed by atoms with E-state index in [0.29, 0.717) is 11.5 Å². The van der Waals surface area contributed by atoms with Gasteiger partial charge < -0.3 is 19.2 Å². The maximum absolute atomic E-state index is 12.7. The van der Waals surface area contributed by atoms with Crippen LogP contribution in [0.1, 0.15) is 47.1 Å². The first kappa shape index (κ1) is 18.6. The molecule has 0 aliphatic rings. The molecule has 0 fully saturated rings. The average molecular weight is 366 g/mol. The molecule has 7 heteroatoms. The molecule has 0 unspecified atom stereocenters. The molecule has 2 heterocycles. The van der Waals surface area contributed by atoms with E-state index in [1.54, 1.807) is 0 Å². The van der Waals surface area contributed by atoms with E-state index in [2.05, 4.69) is 43.1 Å². The predicted molar refractivity (Wildman–Crippen MR) is 103 cm³/mol. The van der Waals surface area contributed by atoms with Crippen LogP contribution in [-0.4, -0.2) is 24.8 Å². The normalized spacial score (nSPS) is 11.1. The van der Waals surface area contributed by atoms with Crippen molar-refractivity contribution in [3.8, 4) is 5.69 Å². The molecule has 0 saturated carbocycles. The summed E-state index contributed by atoms with van der Waals surface area (Å²) < 4.78 is 3.48. The minimum atomic E-state index is -0.576. The molecule has 0 bridgehead atoms. The third-order valence-electron chi connectivity index (χ3n) is 4.68. The Morgan fingerprint density at radius 3 is 2.44 bits per heavy atom. The number of aryl methyl sites for hydroxylation is 1. The van der Waals surface area contributed by atoms with Gasteiger partial charge in [0.15, 0.2) is 5.78 Å². The van der Waals surface area contributed by atoms with Gasteiger partial charge in [0.05, 0.1) is 6.54 Å². The van der Waals surface area contributed by atoms with Crippen molar-refractivity contribution in [2.75, 3.05) is 0 Å². The molecule has 0 spiro atoms. The van der Waals surface area contributed by atoms with Crippen molar-refractivity contribution in [1.29, 1.82) is 0 Å². The second-order valence-corrected chi connectivity index (χ2v) is 6.95. The second-order valence-electron chi connectivity index (χ2n) is 6.95. The van der Waals surface area contributed by atoms with E-state index < -0.39 is 4.92 Å². The highest BCUT2D eigenvalue weighted by Gasteiger charge is 2.19. The first-order valence-electron chi connectivity index (χ1n) is 8.76. The van der Waals surface area contributed by atoms with Gasteiger partial charge in [0.25, 0.3) is 0 Å². The molecule has 0 amide bonds. The first-order chi connectivity index (χ1) is 12.8. The molecule has 0 radical (unpaired) electrons. The van der Waals surface area contributed by atoms with Crippen molar-refractivity contribution >= 4 is 11.6 Å². The third-order valence-corrected chi connectivity index (χ3v) is 4.68. The van der Waals surface area contributed by atoms with E-state index >= 15 is 0 Å². The van der Waals surface area contributed by atoms with Crippen LogP contribution < -0.4 is 0 Å². The molecular weight excluding hydrogens is 344 g/mol. The van der Waals surface area contributed by atoms with E-state index in [1.807, 2.05) is 24.5 Å². The summed E-state index contributed by atoms with van der Waals surface area (Å²) >= 11 is 0. The zero-order valence-electron chi connectivity index (χ0n) is 15.8. The number of nitro groups is 1. The summed E-state index contributed by atoms with van der Waals surface area (Å²) in [7, 11) is 0. The summed E-state index contributed by atoms with van der Waals surface area (Å²) in [5.74, 6) is 0.0845.